The van der Waals surface area contributed by atoms with E-state index in [1.807, 2.05) is 0 Å². The molecule has 0 bridgehead atoms. The van der Waals surface area contributed by atoms with Gasteiger partial charge in [0.1, 0.15) is 0 Å². The molecule has 0 spiro atoms. The Morgan fingerprint density at radius 3 is 2.35 bits per heavy atom. The minimum absolute atomic E-state index is 0.316. The molecule has 0 aromatic heterocycles. The first kappa shape index (κ1) is 17.8. The fourth-order valence-corrected chi connectivity index (χ4v) is 1.06. The van der Waals surface area contributed by atoms with Crippen molar-refractivity contribution < 1.29 is 9.53 Å². The highest BCUT2D eigenvalue weighted by Crippen LogP contribution is 2.07. The van der Waals surface area contributed by atoms with Crippen LogP contribution in [0.1, 0.15) is 39.5 Å². The molecular formula is C14H23NO2. The minimum atomic E-state index is -0.316. The van der Waals surface area contributed by atoms with Gasteiger partial charge in [-0.1, -0.05) is 46.3 Å². The van der Waals surface area contributed by atoms with Crippen molar-refractivity contribution >= 4 is 5.97 Å². The molecule has 0 aliphatic carbocycles. The normalized spacial score (nSPS) is 8.59. The fraction of sp³-hybridized carbons (Fsp3) is 0.571. The number of nitriles is 1. The molecule has 0 heterocycles. The quantitative estimate of drug-likeness (QED) is 0.294. The van der Waals surface area contributed by atoms with Gasteiger partial charge in [0.25, 0.3) is 0 Å². The second kappa shape index (κ2) is 14.4. The first-order valence-corrected chi connectivity index (χ1v) is 5.88. The van der Waals surface area contributed by atoms with Crippen LogP contribution in [-0.2, 0) is 9.53 Å². The second-order valence-electron chi connectivity index (χ2n) is 3.95. The number of hydrogen-bond donors (Lipinski definition) is 0. The zero-order chi connectivity index (χ0) is 13.5. The first-order chi connectivity index (χ1) is 8.08. The third kappa shape index (κ3) is 20.5. The summed E-state index contributed by atoms with van der Waals surface area (Å²) < 4.78 is 4.84. The van der Waals surface area contributed by atoms with Crippen LogP contribution in [0.15, 0.2) is 25.3 Å². The Bertz CT molecular complexity index is 251. The smallest absolute Gasteiger partial charge is 0.330 e. The monoisotopic (exact) mass is 237 g/mol. The Kier molecular flexibility index (Phi) is 15.1. The summed E-state index contributed by atoms with van der Waals surface area (Å²) in [6.45, 7) is 11.4. The first-order valence-electron chi connectivity index (χ1n) is 5.88. The molecule has 0 fully saturated rings. The molecule has 0 aromatic rings. The summed E-state index contributed by atoms with van der Waals surface area (Å²) in [6.07, 6.45) is 6.97. The van der Waals surface area contributed by atoms with Crippen LogP contribution in [0.5, 0.6) is 0 Å². The van der Waals surface area contributed by atoms with Gasteiger partial charge in [-0.3, -0.25) is 0 Å². The number of esters is 1. The number of carbonyl (C=O) groups excluding carboxylic acids is 1. The van der Waals surface area contributed by atoms with Crippen molar-refractivity contribution in [2.75, 3.05) is 6.61 Å². The maximum absolute atomic E-state index is 10.6. The van der Waals surface area contributed by atoms with E-state index in [1.54, 1.807) is 6.07 Å². The Labute approximate surface area is 105 Å². The molecule has 17 heavy (non-hydrogen) atoms. The second-order valence-corrected chi connectivity index (χ2v) is 3.95. The molecule has 0 aliphatic rings. The number of hydrogen-bond acceptors (Lipinski definition) is 3. The lowest BCUT2D eigenvalue weighted by Crippen LogP contribution is -2.01. The van der Waals surface area contributed by atoms with Crippen molar-refractivity contribution in [2.24, 2.45) is 5.92 Å². The van der Waals surface area contributed by atoms with Crippen LogP contribution in [0.25, 0.3) is 0 Å². The molecule has 3 heteroatoms. The summed E-state index contributed by atoms with van der Waals surface area (Å²) in [4.78, 5) is 10.6. The maximum atomic E-state index is 10.6. The van der Waals surface area contributed by atoms with Gasteiger partial charge in [0.05, 0.1) is 12.7 Å². The molecule has 0 saturated heterocycles. The van der Waals surface area contributed by atoms with E-state index in [2.05, 4.69) is 27.0 Å². The summed E-state index contributed by atoms with van der Waals surface area (Å²) in [5, 5.41) is 7.51. The van der Waals surface area contributed by atoms with Crippen LogP contribution < -0.4 is 0 Å². The SMILES string of the molecule is C=CC#N.C=CC(=O)OCCCCCC(C)C. The molecule has 0 radical (unpaired) electrons. The predicted molar refractivity (Wildman–Crippen MR) is 70.3 cm³/mol. The molecule has 96 valence electrons. The van der Waals surface area contributed by atoms with Gasteiger partial charge in [0.2, 0.25) is 0 Å². The third-order valence-corrected chi connectivity index (χ3v) is 1.93. The van der Waals surface area contributed by atoms with E-state index in [0.29, 0.717) is 6.61 Å². The average Bonchev–Trinajstić information content (AvgIpc) is 2.33. The van der Waals surface area contributed by atoms with Crippen molar-refractivity contribution in [3.05, 3.63) is 25.3 Å². The van der Waals surface area contributed by atoms with E-state index in [4.69, 9.17) is 10.00 Å². The van der Waals surface area contributed by atoms with E-state index < -0.39 is 0 Å². The third-order valence-electron chi connectivity index (χ3n) is 1.93. The minimum Gasteiger partial charge on any atom is -0.463 e. The molecular weight excluding hydrogens is 214 g/mol. The summed E-state index contributed by atoms with van der Waals surface area (Å²) >= 11 is 0. The Hall–Kier alpha value is -1.56. The van der Waals surface area contributed by atoms with Gasteiger partial charge >= 0.3 is 5.97 Å². The molecule has 0 unspecified atom stereocenters. The summed E-state index contributed by atoms with van der Waals surface area (Å²) in [5.41, 5.74) is 0. The number of unbranched alkanes of at least 4 members (excludes halogenated alkanes) is 2. The maximum Gasteiger partial charge on any atom is 0.330 e. The molecule has 0 saturated carbocycles. The Morgan fingerprint density at radius 1 is 1.35 bits per heavy atom. The van der Waals surface area contributed by atoms with Crippen LogP contribution in [0.3, 0.4) is 0 Å². The van der Waals surface area contributed by atoms with Crippen LogP contribution in [0, 0.1) is 17.2 Å². The van der Waals surface area contributed by atoms with Crippen molar-refractivity contribution in [3.8, 4) is 6.07 Å². The summed E-state index contributed by atoms with van der Waals surface area (Å²) in [6, 6.07) is 1.69. The van der Waals surface area contributed by atoms with Gasteiger partial charge in [0.15, 0.2) is 0 Å². The highest BCUT2D eigenvalue weighted by atomic mass is 16.5. The van der Waals surface area contributed by atoms with Crippen molar-refractivity contribution in [1.82, 2.24) is 0 Å². The largest absolute Gasteiger partial charge is 0.463 e. The van der Waals surface area contributed by atoms with E-state index in [9.17, 15) is 4.79 Å². The van der Waals surface area contributed by atoms with E-state index >= 15 is 0 Å². The van der Waals surface area contributed by atoms with Crippen LogP contribution >= 0.6 is 0 Å². The molecule has 0 rings (SSSR count). The fourth-order valence-electron chi connectivity index (χ4n) is 1.06. The highest BCUT2D eigenvalue weighted by molar-refractivity contribution is 5.81. The Balaban J connectivity index is 0. The van der Waals surface area contributed by atoms with Crippen molar-refractivity contribution in [2.45, 2.75) is 39.5 Å². The lowest BCUT2D eigenvalue weighted by molar-refractivity contribution is -0.137. The van der Waals surface area contributed by atoms with E-state index in [-0.39, 0.29) is 5.97 Å². The molecule has 0 aromatic carbocycles. The number of nitrogens with zero attached hydrogens (tertiary/aromatic N) is 1. The number of allylic oxidation sites excluding steroid dienone is 1. The van der Waals surface area contributed by atoms with Gasteiger partial charge in [-0.15, -0.1) is 0 Å². The van der Waals surface area contributed by atoms with E-state index in [1.165, 1.54) is 25.0 Å². The van der Waals surface area contributed by atoms with E-state index in [0.717, 1.165) is 18.8 Å². The average molecular weight is 237 g/mol. The zero-order valence-corrected chi connectivity index (χ0v) is 10.9. The van der Waals surface area contributed by atoms with Crippen LogP contribution in [0.2, 0.25) is 0 Å². The van der Waals surface area contributed by atoms with Gasteiger partial charge in [0, 0.05) is 12.2 Å². The number of carbonyl (C=O) groups is 1. The predicted octanol–water partition coefficient (Wildman–Crippen LogP) is 3.63. The molecule has 0 N–H and O–H groups in total. The lowest BCUT2D eigenvalue weighted by atomic mass is 10.1. The van der Waals surface area contributed by atoms with Gasteiger partial charge < -0.3 is 4.74 Å². The summed E-state index contributed by atoms with van der Waals surface area (Å²) in [5.74, 6) is 0.458. The molecule has 0 amide bonds. The van der Waals surface area contributed by atoms with Gasteiger partial charge in [-0.25, -0.2) is 4.79 Å². The van der Waals surface area contributed by atoms with Crippen LogP contribution in [-0.4, -0.2) is 12.6 Å². The number of rotatable bonds is 7. The molecule has 0 aliphatic heterocycles. The zero-order valence-electron chi connectivity index (χ0n) is 10.9. The number of ether oxygens (including phenoxy) is 1. The van der Waals surface area contributed by atoms with Crippen molar-refractivity contribution in [3.63, 3.8) is 0 Å². The Morgan fingerprint density at radius 2 is 1.94 bits per heavy atom. The lowest BCUT2D eigenvalue weighted by Gasteiger charge is -2.04. The molecule has 3 nitrogen and oxygen atoms in total. The molecule has 0 atom stereocenters. The van der Waals surface area contributed by atoms with Crippen LogP contribution in [0.4, 0.5) is 0 Å². The van der Waals surface area contributed by atoms with Gasteiger partial charge in [-0.05, 0) is 12.3 Å². The standard InChI is InChI=1S/C11H20O2.C3H3N/c1-4-11(12)13-9-7-5-6-8-10(2)3;1-2-3-4/h4,10H,1,5-9H2,2-3H3;2H,1H2. The van der Waals surface area contributed by atoms with Crippen molar-refractivity contribution in [1.29, 1.82) is 5.26 Å². The highest BCUT2D eigenvalue weighted by Gasteiger charge is 1.96. The van der Waals surface area contributed by atoms with Gasteiger partial charge in [-0.2, -0.15) is 5.26 Å². The topological polar surface area (TPSA) is 50.1 Å². The summed E-state index contributed by atoms with van der Waals surface area (Å²) in [7, 11) is 0.